The number of hydrogen-bond acceptors (Lipinski definition) is 4. The number of halogens is 1. The maximum atomic E-state index is 11.2. The number of nitrogens with one attached hydrogen (secondary N) is 1. The third-order valence-electron chi connectivity index (χ3n) is 3.35. The molecule has 1 aromatic heterocycles. The molecule has 0 bridgehead atoms. The summed E-state index contributed by atoms with van der Waals surface area (Å²) in [4.78, 5) is 18.5. The van der Waals surface area contributed by atoms with E-state index in [0.717, 1.165) is 34.3 Å². The summed E-state index contributed by atoms with van der Waals surface area (Å²) >= 11 is 3.43. The fourth-order valence-electron chi connectivity index (χ4n) is 2.25. The molecule has 0 amide bonds. The Balaban J connectivity index is 0.000000220. The van der Waals surface area contributed by atoms with Crippen molar-refractivity contribution >= 4 is 32.7 Å². The van der Waals surface area contributed by atoms with Crippen LogP contribution in [0.2, 0.25) is 0 Å². The minimum atomic E-state index is -0.435. The summed E-state index contributed by atoms with van der Waals surface area (Å²) in [6, 6.07) is 13.6. The summed E-state index contributed by atoms with van der Waals surface area (Å²) < 4.78 is 6.08. The number of aromatic nitrogens is 1. The second-order valence-electron chi connectivity index (χ2n) is 5.12. The minimum absolute atomic E-state index is 0.435. The summed E-state index contributed by atoms with van der Waals surface area (Å²) in [5.74, 6) is -0.435. The van der Waals surface area contributed by atoms with Gasteiger partial charge in [0.1, 0.15) is 6.61 Å². The van der Waals surface area contributed by atoms with Crippen molar-refractivity contribution in [1.82, 2.24) is 4.98 Å². The molecule has 0 fully saturated rings. The van der Waals surface area contributed by atoms with Gasteiger partial charge in [0.15, 0.2) is 5.58 Å². The molecule has 0 spiro atoms. The van der Waals surface area contributed by atoms with Crippen LogP contribution in [0.4, 0.5) is 0 Å². The Bertz CT molecular complexity index is 897. The molecule has 0 aliphatic carbocycles. The lowest BCUT2D eigenvalue weighted by molar-refractivity contribution is 0.173. The molecule has 23 heavy (non-hydrogen) atoms. The summed E-state index contributed by atoms with van der Waals surface area (Å²) in [5.41, 5.74) is 4.30. The SMILES string of the molecule is CC1=NOCC1.O=c1[nH]c2cc(Br)cc(-c3ccccc3)c2o1. The van der Waals surface area contributed by atoms with Gasteiger partial charge in [-0.05, 0) is 24.6 Å². The van der Waals surface area contributed by atoms with Crippen LogP contribution in [0.1, 0.15) is 13.3 Å². The van der Waals surface area contributed by atoms with Crippen LogP contribution in [0, 0.1) is 0 Å². The van der Waals surface area contributed by atoms with Crippen molar-refractivity contribution in [3.8, 4) is 11.1 Å². The maximum Gasteiger partial charge on any atom is 0.417 e. The van der Waals surface area contributed by atoms with Gasteiger partial charge < -0.3 is 9.25 Å². The molecule has 5 nitrogen and oxygen atoms in total. The molecule has 2 aromatic carbocycles. The van der Waals surface area contributed by atoms with Crippen LogP contribution in [0.25, 0.3) is 22.2 Å². The monoisotopic (exact) mass is 374 g/mol. The molecule has 2 heterocycles. The molecule has 0 unspecified atom stereocenters. The molecule has 3 aromatic rings. The van der Waals surface area contributed by atoms with E-state index in [1.807, 2.05) is 49.4 Å². The second kappa shape index (κ2) is 6.83. The lowest BCUT2D eigenvalue weighted by Gasteiger charge is -2.02. The molecule has 0 radical (unpaired) electrons. The van der Waals surface area contributed by atoms with E-state index in [1.54, 1.807) is 0 Å². The number of benzene rings is 2. The molecule has 1 aliphatic heterocycles. The largest absolute Gasteiger partial charge is 0.417 e. The predicted molar refractivity (Wildman–Crippen MR) is 93.6 cm³/mol. The standard InChI is InChI=1S/C13H8BrNO2.C4H7NO/c14-9-6-10(8-4-2-1-3-5-8)12-11(7-9)15-13(16)17-12;1-4-2-3-6-5-4/h1-7H,(H,15,16);2-3H2,1H3. The highest BCUT2D eigenvalue weighted by molar-refractivity contribution is 9.10. The molecule has 1 N–H and O–H groups in total. The van der Waals surface area contributed by atoms with Gasteiger partial charge in [-0.25, -0.2) is 4.79 Å². The first kappa shape index (κ1) is 15.6. The van der Waals surface area contributed by atoms with Crippen LogP contribution >= 0.6 is 15.9 Å². The number of oxazole rings is 1. The van der Waals surface area contributed by atoms with Gasteiger partial charge in [0, 0.05) is 16.5 Å². The van der Waals surface area contributed by atoms with Gasteiger partial charge in [0.2, 0.25) is 0 Å². The highest BCUT2D eigenvalue weighted by Crippen LogP contribution is 2.30. The van der Waals surface area contributed by atoms with Crippen molar-refractivity contribution < 1.29 is 9.25 Å². The zero-order chi connectivity index (χ0) is 16.2. The first-order valence-electron chi connectivity index (χ1n) is 7.17. The van der Waals surface area contributed by atoms with E-state index in [9.17, 15) is 4.79 Å². The van der Waals surface area contributed by atoms with Crippen molar-refractivity contribution in [1.29, 1.82) is 0 Å². The van der Waals surface area contributed by atoms with E-state index in [-0.39, 0.29) is 0 Å². The summed E-state index contributed by atoms with van der Waals surface area (Å²) in [5, 5.41) is 3.65. The fraction of sp³-hybridized carbons (Fsp3) is 0.176. The number of rotatable bonds is 1. The summed E-state index contributed by atoms with van der Waals surface area (Å²) in [6.45, 7) is 2.75. The highest BCUT2D eigenvalue weighted by Gasteiger charge is 2.10. The van der Waals surface area contributed by atoms with Crippen LogP contribution in [0.5, 0.6) is 0 Å². The molecule has 0 atom stereocenters. The smallest absolute Gasteiger partial charge is 0.407 e. The topological polar surface area (TPSA) is 67.6 Å². The molecule has 118 valence electrons. The van der Waals surface area contributed by atoms with Crippen LogP contribution in [0.15, 0.2) is 61.3 Å². The van der Waals surface area contributed by atoms with Gasteiger partial charge >= 0.3 is 5.76 Å². The van der Waals surface area contributed by atoms with Crippen LogP contribution < -0.4 is 5.76 Å². The molecule has 0 saturated heterocycles. The first-order valence-corrected chi connectivity index (χ1v) is 7.96. The number of H-pyrrole nitrogens is 1. The average Bonchev–Trinajstić information content (AvgIpc) is 3.16. The average molecular weight is 375 g/mol. The Kier molecular flexibility index (Phi) is 4.62. The highest BCUT2D eigenvalue weighted by atomic mass is 79.9. The summed E-state index contributed by atoms with van der Waals surface area (Å²) in [6.07, 6.45) is 1.01. The van der Waals surface area contributed by atoms with Gasteiger partial charge in [0.25, 0.3) is 0 Å². The molecule has 4 rings (SSSR count). The van der Waals surface area contributed by atoms with Crippen LogP contribution in [-0.2, 0) is 4.84 Å². The lowest BCUT2D eigenvalue weighted by atomic mass is 10.1. The minimum Gasteiger partial charge on any atom is -0.407 e. The fourth-order valence-corrected chi connectivity index (χ4v) is 2.71. The van der Waals surface area contributed by atoms with Gasteiger partial charge in [0.05, 0.1) is 11.2 Å². The zero-order valence-electron chi connectivity index (χ0n) is 12.5. The maximum absolute atomic E-state index is 11.2. The van der Waals surface area contributed by atoms with Crippen molar-refractivity contribution in [3.05, 3.63) is 57.5 Å². The Morgan fingerprint density at radius 2 is 2.00 bits per heavy atom. The van der Waals surface area contributed by atoms with Crippen molar-refractivity contribution in [2.24, 2.45) is 5.16 Å². The normalized spacial score (nSPS) is 13.2. The lowest BCUT2D eigenvalue weighted by Crippen LogP contribution is -1.92. The van der Waals surface area contributed by atoms with Crippen molar-refractivity contribution in [2.45, 2.75) is 13.3 Å². The zero-order valence-corrected chi connectivity index (χ0v) is 14.1. The van der Waals surface area contributed by atoms with E-state index in [0.29, 0.717) is 11.1 Å². The van der Waals surface area contributed by atoms with E-state index in [1.165, 1.54) is 0 Å². The Morgan fingerprint density at radius 1 is 1.22 bits per heavy atom. The first-order chi connectivity index (χ1) is 11.1. The quantitative estimate of drug-likeness (QED) is 0.688. The number of hydrogen-bond donors (Lipinski definition) is 1. The van der Waals surface area contributed by atoms with E-state index in [4.69, 9.17) is 4.42 Å². The Labute approximate surface area is 141 Å². The molecule has 6 heteroatoms. The van der Waals surface area contributed by atoms with Gasteiger partial charge in [-0.15, -0.1) is 0 Å². The van der Waals surface area contributed by atoms with Crippen molar-refractivity contribution in [3.63, 3.8) is 0 Å². The third kappa shape index (κ3) is 3.71. The van der Waals surface area contributed by atoms with Gasteiger partial charge in [-0.3, -0.25) is 4.98 Å². The number of aromatic amines is 1. The Morgan fingerprint density at radius 3 is 2.61 bits per heavy atom. The molecular weight excluding hydrogens is 360 g/mol. The van der Waals surface area contributed by atoms with Gasteiger partial charge in [-0.2, -0.15) is 0 Å². The summed E-state index contributed by atoms with van der Waals surface area (Å²) in [7, 11) is 0. The predicted octanol–water partition coefficient (Wildman–Crippen LogP) is 4.33. The molecular formula is C17H15BrN2O3. The van der Waals surface area contributed by atoms with Crippen LogP contribution in [0.3, 0.4) is 0 Å². The number of oxime groups is 1. The number of fused-ring (bicyclic) bond motifs is 1. The van der Waals surface area contributed by atoms with E-state index >= 15 is 0 Å². The van der Waals surface area contributed by atoms with Gasteiger partial charge in [-0.1, -0.05) is 51.4 Å². The van der Waals surface area contributed by atoms with E-state index < -0.39 is 5.76 Å². The second-order valence-corrected chi connectivity index (χ2v) is 6.04. The molecule has 1 aliphatic rings. The third-order valence-corrected chi connectivity index (χ3v) is 3.80. The van der Waals surface area contributed by atoms with Crippen molar-refractivity contribution in [2.75, 3.05) is 6.61 Å². The van der Waals surface area contributed by atoms with Crippen LogP contribution in [-0.4, -0.2) is 17.3 Å². The molecule has 0 saturated carbocycles. The number of nitrogens with zero attached hydrogens (tertiary/aromatic N) is 1. The van der Waals surface area contributed by atoms with E-state index in [2.05, 4.69) is 30.9 Å². The Hall–Kier alpha value is -2.34.